The number of aliphatic hydroxyl groups excluding tert-OH is 2. The van der Waals surface area contributed by atoms with Gasteiger partial charge in [0.15, 0.2) is 0 Å². The lowest BCUT2D eigenvalue weighted by Crippen LogP contribution is -2.45. The molecule has 0 aromatic carbocycles. The van der Waals surface area contributed by atoms with E-state index in [0.29, 0.717) is 6.42 Å². The SMILES string of the molecule is CCCC/C=C/CC/C=C/CC/C=C/C(O)C(CO)NC(=O)CCCCCCCCCCCCCCCCCC. The van der Waals surface area contributed by atoms with E-state index in [1.54, 1.807) is 6.08 Å². The zero-order valence-corrected chi connectivity index (χ0v) is 26.6. The average Bonchev–Trinajstić information content (AvgIpc) is 2.96. The van der Waals surface area contributed by atoms with Crippen molar-refractivity contribution in [2.75, 3.05) is 6.61 Å². The molecule has 1 amide bonds. The van der Waals surface area contributed by atoms with E-state index >= 15 is 0 Å². The second-order valence-electron chi connectivity index (χ2n) is 11.6. The van der Waals surface area contributed by atoms with Crippen molar-refractivity contribution in [3.63, 3.8) is 0 Å². The van der Waals surface area contributed by atoms with Crippen LogP contribution in [0.15, 0.2) is 36.5 Å². The van der Waals surface area contributed by atoms with E-state index in [1.807, 2.05) is 6.08 Å². The van der Waals surface area contributed by atoms with Gasteiger partial charge in [0, 0.05) is 6.42 Å². The summed E-state index contributed by atoms with van der Waals surface area (Å²) >= 11 is 0. The zero-order valence-electron chi connectivity index (χ0n) is 26.6. The predicted molar refractivity (Wildman–Crippen MR) is 175 cm³/mol. The van der Waals surface area contributed by atoms with Crippen LogP contribution in [0.5, 0.6) is 0 Å². The highest BCUT2D eigenvalue weighted by atomic mass is 16.3. The molecular weight excluding hydrogens is 494 g/mol. The van der Waals surface area contributed by atoms with Gasteiger partial charge in [-0.15, -0.1) is 0 Å². The highest BCUT2D eigenvalue weighted by molar-refractivity contribution is 5.76. The molecule has 0 aliphatic carbocycles. The van der Waals surface area contributed by atoms with E-state index in [0.717, 1.165) is 38.5 Å². The Labute approximate surface area is 249 Å². The lowest BCUT2D eigenvalue weighted by atomic mass is 10.0. The lowest BCUT2D eigenvalue weighted by molar-refractivity contribution is -0.123. The second-order valence-corrected chi connectivity index (χ2v) is 11.6. The molecule has 0 rings (SSSR count). The summed E-state index contributed by atoms with van der Waals surface area (Å²) in [6, 6.07) is -0.639. The number of unbranched alkanes of at least 4 members (excludes halogenated alkanes) is 19. The Morgan fingerprint density at radius 3 is 1.43 bits per heavy atom. The molecule has 0 saturated heterocycles. The number of hydrogen-bond donors (Lipinski definition) is 3. The molecule has 4 heteroatoms. The van der Waals surface area contributed by atoms with Crippen LogP contribution in [0.3, 0.4) is 0 Å². The number of aliphatic hydroxyl groups is 2. The van der Waals surface area contributed by atoms with Crippen molar-refractivity contribution in [2.45, 2.75) is 180 Å². The molecule has 0 aromatic rings. The molecule has 0 saturated carbocycles. The Kier molecular flexibility index (Phi) is 31.0. The average molecular weight is 562 g/mol. The van der Waals surface area contributed by atoms with Gasteiger partial charge in [-0.1, -0.05) is 159 Å². The minimum Gasteiger partial charge on any atom is -0.394 e. The van der Waals surface area contributed by atoms with Gasteiger partial charge < -0.3 is 15.5 Å². The van der Waals surface area contributed by atoms with Crippen LogP contribution in [0.2, 0.25) is 0 Å². The summed E-state index contributed by atoms with van der Waals surface area (Å²) in [5.74, 6) is -0.0801. The van der Waals surface area contributed by atoms with Crippen molar-refractivity contribution < 1.29 is 15.0 Å². The molecule has 0 aliphatic heterocycles. The summed E-state index contributed by atoms with van der Waals surface area (Å²) < 4.78 is 0. The summed E-state index contributed by atoms with van der Waals surface area (Å²) in [6.07, 6.45) is 40.8. The third kappa shape index (κ3) is 28.1. The highest BCUT2D eigenvalue weighted by Crippen LogP contribution is 2.14. The van der Waals surface area contributed by atoms with Crippen LogP contribution in [-0.4, -0.2) is 34.9 Å². The number of hydrogen-bond acceptors (Lipinski definition) is 3. The Balaban J connectivity index is 3.67. The summed E-state index contributed by atoms with van der Waals surface area (Å²) in [6.45, 7) is 4.23. The van der Waals surface area contributed by atoms with Crippen molar-refractivity contribution in [1.82, 2.24) is 5.32 Å². The number of amides is 1. The quantitative estimate of drug-likeness (QED) is 0.0603. The molecule has 2 atom stereocenters. The van der Waals surface area contributed by atoms with E-state index in [2.05, 4.69) is 43.5 Å². The van der Waals surface area contributed by atoms with E-state index in [1.165, 1.54) is 109 Å². The fraction of sp³-hybridized carbons (Fsp3) is 0.806. The number of allylic oxidation sites excluding steroid dienone is 5. The van der Waals surface area contributed by atoms with Crippen LogP contribution >= 0.6 is 0 Å². The topological polar surface area (TPSA) is 69.6 Å². The molecule has 3 N–H and O–H groups in total. The van der Waals surface area contributed by atoms with Gasteiger partial charge in [0.2, 0.25) is 5.91 Å². The van der Waals surface area contributed by atoms with Crippen LogP contribution in [0, 0.1) is 0 Å². The fourth-order valence-corrected chi connectivity index (χ4v) is 4.90. The third-order valence-corrected chi connectivity index (χ3v) is 7.60. The molecule has 0 bridgehead atoms. The smallest absolute Gasteiger partial charge is 0.220 e. The first-order chi connectivity index (χ1) is 19.7. The summed E-state index contributed by atoms with van der Waals surface area (Å²) in [4.78, 5) is 12.3. The standard InChI is InChI=1S/C36H67NO3/c1-3-5-7-9-11-13-15-17-18-19-20-22-24-26-28-30-32-36(40)37-34(33-38)35(39)31-29-27-25-23-21-16-14-12-10-8-6-4-2/h10,12,21,23,29,31,34-35,38-39H,3-9,11,13-20,22,24-28,30,32-33H2,1-2H3,(H,37,40)/b12-10+,23-21+,31-29+. The Hall–Kier alpha value is -1.39. The maximum Gasteiger partial charge on any atom is 0.220 e. The molecule has 2 unspecified atom stereocenters. The normalized spacial score (nSPS) is 13.6. The van der Waals surface area contributed by atoms with Gasteiger partial charge in [-0.05, 0) is 38.5 Å². The second kappa shape index (κ2) is 32.1. The first kappa shape index (κ1) is 38.6. The minimum absolute atomic E-state index is 0.0801. The summed E-state index contributed by atoms with van der Waals surface area (Å²) in [5, 5.41) is 22.8. The highest BCUT2D eigenvalue weighted by Gasteiger charge is 2.17. The third-order valence-electron chi connectivity index (χ3n) is 7.60. The molecule has 0 spiro atoms. The predicted octanol–water partition coefficient (Wildman–Crippen LogP) is 9.90. The van der Waals surface area contributed by atoms with Gasteiger partial charge >= 0.3 is 0 Å². The van der Waals surface area contributed by atoms with E-state index in [-0.39, 0.29) is 12.5 Å². The van der Waals surface area contributed by atoms with Crippen molar-refractivity contribution in [1.29, 1.82) is 0 Å². The van der Waals surface area contributed by atoms with Gasteiger partial charge in [-0.3, -0.25) is 4.79 Å². The molecule has 0 heterocycles. The largest absolute Gasteiger partial charge is 0.394 e. The molecular formula is C36H67NO3. The fourth-order valence-electron chi connectivity index (χ4n) is 4.90. The lowest BCUT2D eigenvalue weighted by Gasteiger charge is -2.19. The number of carbonyl (C=O) groups is 1. The molecule has 4 nitrogen and oxygen atoms in total. The van der Waals surface area contributed by atoms with E-state index < -0.39 is 12.1 Å². The van der Waals surface area contributed by atoms with Gasteiger partial charge in [-0.2, -0.15) is 0 Å². The van der Waals surface area contributed by atoms with Crippen LogP contribution in [0.1, 0.15) is 168 Å². The van der Waals surface area contributed by atoms with Crippen LogP contribution in [0.25, 0.3) is 0 Å². The maximum atomic E-state index is 12.3. The van der Waals surface area contributed by atoms with E-state index in [9.17, 15) is 15.0 Å². The van der Waals surface area contributed by atoms with Crippen molar-refractivity contribution >= 4 is 5.91 Å². The molecule has 40 heavy (non-hydrogen) atoms. The molecule has 0 aromatic heterocycles. The van der Waals surface area contributed by atoms with Crippen LogP contribution < -0.4 is 5.32 Å². The van der Waals surface area contributed by atoms with E-state index in [4.69, 9.17) is 0 Å². The van der Waals surface area contributed by atoms with Crippen LogP contribution in [-0.2, 0) is 4.79 Å². The van der Waals surface area contributed by atoms with Crippen molar-refractivity contribution in [3.8, 4) is 0 Å². The molecule has 0 radical (unpaired) electrons. The number of carbonyl (C=O) groups excluding carboxylic acids is 1. The molecule has 0 fully saturated rings. The number of nitrogens with one attached hydrogen (secondary N) is 1. The van der Waals surface area contributed by atoms with Crippen molar-refractivity contribution in [2.24, 2.45) is 0 Å². The first-order valence-electron chi connectivity index (χ1n) is 17.2. The van der Waals surface area contributed by atoms with Gasteiger partial charge in [0.05, 0.1) is 18.8 Å². The zero-order chi connectivity index (χ0) is 29.4. The Bertz CT molecular complexity index is 613. The Morgan fingerprint density at radius 1 is 0.575 bits per heavy atom. The summed E-state index contributed by atoms with van der Waals surface area (Å²) in [7, 11) is 0. The molecule has 234 valence electrons. The molecule has 0 aliphatic rings. The number of rotatable bonds is 30. The van der Waals surface area contributed by atoms with Crippen molar-refractivity contribution in [3.05, 3.63) is 36.5 Å². The first-order valence-corrected chi connectivity index (χ1v) is 17.2. The van der Waals surface area contributed by atoms with Gasteiger partial charge in [0.1, 0.15) is 0 Å². The van der Waals surface area contributed by atoms with Gasteiger partial charge in [-0.25, -0.2) is 0 Å². The minimum atomic E-state index is -0.864. The maximum absolute atomic E-state index is 12.3. The van der Waals surface area contributed by atoms with Crippen LogP contribution in [0.4, 0.5) is 0 Å². The summed E-state index contributed by atoms with van der Waals surface area (Å²) in [5.41, 5.74) is 0. The Morgan fingerprint density at radius 2 is 0.975 bits per heavy atom. The van der Waals surface area contributed by atoms with Gasteiger partial charge in [0.25, 0.3) is 0 Å². The monoisotopic (exact) mass is 562 g/mol.